The second kappa shape index (κ2) is 7.02. The highest BCUT2D eigenvalue weighted by Crippen LogP contribution is 2.30. The van der Waals surface area contributed by atoms with Crippen molar-refractivity contribution in [1.29, 1.82) is 0 Å². The highest BCUT2D eigenvalue weighted by atomic mass is 19.1. The lowest BCUT2D eigenvalue weighted by atomic mass is 9.94. The second-order valence-corrected chi connectivity index (χ2v) is 5.53. The van der Waals surface area contributed by atoms with Gasteiger partial charge in [-0.2, -0.15) is 0 Å². The zero-order valence-corrected chi connectivity index (χ0v) is 12.4. The normalized spacial score (nSPS) is 16.7. The maximum Gasteiger partial charge on any atom is 0.149 e. The molecule has 0 atom stereocenters. The van der Waals surface area contributed by atoms with Crippen LogP contribution < -0.4 is 10.2 Å². The molecule has 0 radical (unpaired) electrons. The SMILES string of the molecule is CCNCc1cc(F)c(N2CCC(CC)CC2)c(F)c1. The first-order valence-corrected chi connectivity index (χ1v) is 7.59. The van der Waals surface area contributed by atoms with E-state index in [1.54, 1.807) is 0 Å². The molecule has 0 spiro atoms. The van der Waals surface area contributed by atoms with Gasteiger partial charge in [0.15, 0.2) is 0 Å². The first-order chi connectivity index (χ1) is 9.65. The van der Waals surface area contributed by atoms with Gasteiger partial charge in [0.05, 0.1) is 0 Å². The summed E-state index contributed by atoms with van der Waals surface area (Å²) in [6.45, 7) is 6.94. The molecule has 0 bridgehead atoms. The molecule has 0 aromatic heterocycles. The van der Waals surface area contributed by atoms with Gasteiger partial charge in [-0.25, -0.2) is 8.78 Å². The van der Waals surface area contributed by atoms with Gasteiger partial charge in [-0.15, -0.1) is 0 Å². The molecule has 1 fully saturated rings. The molecule has 1 heterocycles. The minimum Gasteiger partial charge on any atom is -0.367 e. The Kier molecular flexibility index (Phi) is 5.35. The molecule has 20 heavy (non-hydrogen) atoms. The van der Waals surface area contributed by atoms with Crippen molar-refractivity contribution in [2.45, 2.75) is 39.7 Å². The molecule has 2 nitrogen and oxygen atoms in total. The third kappa shape index (κ3) is 3.48. The van der Waals surface area contributed by atoms with E-state index < -0.39 is 11.6 Å². The van der Waals surface area contributed by atoms with Crippen LogP contribution in [0.3, 0.4) is 0 Å². The van der Waals surface area contributed by atoms with E-state index in [1.807, 2.05) is 11.8 Å². The van der Waals surface area contributed by atoms with Crippen molar-refractivity contribution in [3.63, 3.8) is 0 Å². The summed E-state index contributed by atoms with van der Waals surface area (Å²) in [6.07, 6.45) is 3.20. The van der Waals surface area contributed by atoms with E-state index in [9.17, 15) is 8.78 Å². The average Bonchev–Trinajstić information content (AvgIpc) is 2.45. The van der Waals surface area contributed by atoms with E-state index in [0.717, 1.165) is 38.9 Å². The Hall–Kier alpha value is -1.16. The van der Waals surface area contributed by atoms with Crippen LogP contribution in [0.2, 0.25) is 0 Å². The quantitative estimate of drug-likeness (QED) is 0.886. The highest BCUT2D eigenvalue weighted by Gasteiger charge is 2.23. The summed E-state index contributed by atoms with van der Waals surface area (Å²) in [5.74, 6) is -0.175. The molecular weight excluding hydrogens is 258 g/mol. The third-order valence-corrected chi connectivity index (χ3v) is 4.16. The fourth-order valence-electron chi connectivity index (χ4n) is 2.86. The Morgan fingerprint density at radius 2 is 1.75 bits per heavy atom. The summed E-state index contributed by atoms with van der Waals surface area (Å²) in [4.78, 5) is 1.86. The maximum absolute atomic E-state index is 14.2. The molecule has 1 aliphatic rings. The monoisotopic (exact) mass is 282 g/mol. The lowest BCUT2D eigenvalue weighted by molar-refractivity contribution is 0.389. The maximum atomic E-state index is 14.2. The lowest BCUT2D eigenvalue weighted by Crippen LogP contribution is -2.34. The molecule has 1 N–H and O–H groups in total. The number of nitrogens with one attached hydrogen (secondary N) is 1. The standard InChI is InChI=1S/C16H24F2N2/c1-3-12-5-7-20(8-6-12)16-14(17)9-13(10-15(16)18)11-19-4-2/h9-10,12,19H,3-8,11H2,1-2H3. The molecule has 1 aromatic rings. The van der Waals surface area contributed by atoms with Gasteiger partial charge >= 0.3 is 0 Å². The number of hydrogen-bond donors (Lipinski definition) is 1. The van der Waals surface area contributed by atoms with Crippen molar-refractivity contribution in [3.8, 4) is 0 Å². The Morgan fingerprint density at radius 3 is 2.25 bits per heavy atom. The largest absolute Gasteiger partial charge is 0.367 e. The van der Waals surface area contributed by atoms with Gasteiger partial charge in [0.25, 0.3) is 0 Å². The van der Waals surface area contributed by atoms with Crippen molar-refractivity contribution in [3.05, 3.63) is 29.3 Å². The molecule has 0 aliphatic carbocycles. The summed E-state index contributed by atoms with van der Waals surface area (Å²) in [5.41, 5.74) is 0.814. The van der Waals surface area contributed by atoms with Gasteiger partial charge in [0.2, 0.25) is 0 Å². The Balaban J connectivity index is 2.12. The molecule has 0 amide bonds. The van der Waals surface area contributed by atoms with Crippen LogP contribution in [0.15, 0.2) is 12.1 Å². The molecule has 0 saturated carbocycles. The minimum absolute atomic E-state index is 0.153. The predicted octanol–water partition coefficient (Wildman–Crippen LogP) is 3.70. The Bertz CT molecular complexity index is 417. The highest BCUT2D eigenvalue weighted by molar-refractivity contribution is 5.51. The zero-order chi connectivity index (χ0) is 14.5. The fourth-order valence-corrected chi connectivity index (χ4v) is 2.86. The van der Waals surface area contributed by atoms with E-state index in [0.29, 0.717) is 18.0 Å². The minimum atomic E-state index is -0.437. The first-order valence-electron chi connectivity index (χ1n) is 7.59. The number of hydrogen-bond acceptors (Lipinski definition) is 2. The van der Waals surface area contributed by atoms with Crippen molar-refractivity contribution < 1.29 is 8.78 Å². The zero-order valence-electron chi connectivity index (χ0n) is 12.4. The van der Waals surface area contributed by atoms with Crippen LogP contribution in [0.5, 0.6) is 0 Å². The lowest BCUT2D eigenvalue weighted by Gasteiger charge is -2.33. The third-order valence-electron chi connectivity index (χ3n) is 4.16. The number of halogens is 2. The van der Waals surface area contributed by atoms with Crippen LogP contribution >= 0.6 is 0 Å². The molecule has 0 unspecified atom stereocenters. The number of benzene rings is 1. The van der Waals surface area contributed by atoms with Gasteiger partial charge in [-0.3, -0.25) is 0 Å². The van der Waals surface area contributed by atoms with E-state index in [1.165, 1.54) is 12.1 Å². The number of nitrogens with zero attached hydrogens (tertiary/aromatic N) is 1. The molecule has 1 saturated heterocycles. The molecule has 1 aromatic carbocycles. The van der Waals surface area contributed by atoms with E-state index in [-0.39, 0.29) is 5.69 Å². The number of piperidine rings is 1. The molecule has 1 aliphatic heterocycles. The topological polar surface area (TPSA) is 15.3 Å². The predicted molar refractivity (Wildman–Crippen MR) is 79.0 cm³/mol. The van der Waals surface area contributed by atoms with Crippen molar-refractivity contribution >= 4 is 5.69 Å². The van der Waals surface area contributed by atoms with Gasteiger partial charge < -0.3 is 10.2 Å². The first kappa shape index (κ1) is 15.2. The molecule has 2 rings (SSSR count). The Labute approximate surface area is 120 Å². The van der Waals surface area contributed by atoms with Gasteiger partial charge in [-0.05, 0) is 43.0 Å². The van der Waals surface area contributed by atoms with Gasteiger partial charge in [-0.1, -0.05) is 20.3 Å². The summed E-state index contributed by atoms with van der Waals surface area (Å²) < 4.78 is 28.4. The summed E-state index contributed by atoms with van der Waals surface area (Å²) in [7, 11) is 0. The summed E-state index contributed by atoms with van der Waals surface area (Å²) >= 11 is 0. The van der Waals surface area contributed by atoms with E-state index in [2.05, 4.69) is 12.2 Å². The van der Waals surface area contributed by atoms with Crippen LogP contribution in [-0.2, 0) is 6.54 Å². The van der Waals surface area contributed by atoms with Crippen molar-refractivity contribution in [2.75, 3.05) is 24.5 Å². The van der Waals surface area contributed by atoms with E-state index >= 15 is 0 Å². The average molecular weight is 282 g/mol. The van der Waals surface area contributed by atoms with Crippen LogP contribution in [0, 0.1) is 17.6 Å². The van der Waals surface area contributed by atoms with Crippen LogP contribution in [0.4, 0.5) is 14.5 Å². The molecule has 112 valence electrons. The van der Waals surface area contributed by atoms with E-state index in [4.69, 9.17) is 0 Å². The van der Waals surface area contributed by atoms with Crippen molar-refractivity contribution in [1.82, 2.24) is 5.32 Å². The fraction of sp³-hybridized carbons (Fsp3) is 0.625. The summed E-state index contributed by atoms with van der Waals surface area (Å²) in [6, 6.07) is 2.90. The Morgan fingerprint density at radius 1 is 1.15 bits per heavy atom. The van der Waals surface area contributed by atoms with Gasteiger partial charge in [0.1, 0.15) is 17.3 Å². The number of rotatable bonds is 5. The molecular formula is C16H24F2N2. The molecule has 4 heteroatoms. The smallest absolute Gasteiger partial charge is 0.149 e. The van der Waals surface area contributed by atoms with Gasteiger partial charge in [0, 0.05) is 19.6 Å². The number of anilines is 1. The second-order valence-electron chi connectivity index (χ2n) is 5.53. The van der Waals surface area contributed by atoms with Crippen LogP contribution in [0.25, 0.3) is 0 Å². The van der Waals surface area contributed by atoms with Crippen LogP contribution in [0.1, 0.15) is 38.7 Å². The summed E-state index contributed by atoms with van der Waals surface area (Å²) in [5, 5.41) is 3.08. The van der Waals surface area contributed by atoms with Crippen molar-refractivity contribution in [2.24, 2.45) is 5.92 Å². The van der Waals surface area contributed by atoms with Crippen LogP contribution in [-0.4, -0.2) is 19.6 Å².